The second-order valence-corrected chi connectivity index (χ2v) is 7.81. The molecule has 0 radical (unpaired) electrons. The molecule has 1 unspecified atom stereocenters. The highest BCUT2D eigenvalue weighted by Crippen LogP contribution is 2.25. The van der Waals surface area contributed by atoms with E-state index >= 15 is 0 Å². The zero-order valence-electron chi connectivity index (χ0n) is 12.1. The number of furan rings is 1. The second-order valence-electron chi connectivity index (χ2n) is 5.35. The Morgan fingerprint density at radius 2 is 2.10 bits per heavy atom. The van der Waals surface area contributed by atoms with E-state index in [1.54, 1.807) is 0 Å². The Morgan fingerprint density at radius 1 is 1.43 bits per heavy atom. The lowest BCUT2D eigenvalue weighted by atomic mass is 10.1. The lowest BCUT2D eigenvalue weighted by molar-refractivity contribution is 0.175. The molecule has 3 N–H and O–H groups in total. The Labute approximate surface area is 134 Å². The van der Waals surface area contributed by atoms with Crippen molar-refractivity contribution in [3.05, 3.63) is 16.5 Å². The van der Waals surface area contributed by atoms with Crippen LogP contribution >= 0.6 is 15.9 Å². The largest absolute Gasteiger partial charge is 0.452 e. The number of piperidine rings is 1. The van der Waals surface area contributed by atoms with E-state index in [4.69, 9.17) is 10.2 Å². The maximum absolute atomic E-state index is 12.3. The molecular formula is C13H22BrN3O3S. The van der Waals surface area contributed by atoms with Gasteiger partial charge >= 0.3 is 0 Å². The molecule has 1 aromatic heterocycles. The normalized spacial score (nSPS) is 18.8. The summed E-state index contributed by atoms with van der Waals surface area (Å²) in [5, 5.41) is 0. The van der Waals surface area contributed by atoms with Gasteiger partial charge < -0.3 is 10.2 Å². The fourth-order valence-corrected chi connectivity index (χ4v) is 4.60. The van der Waals surface area contributed by atoms with E-state index in [0.29, 0.717) is 12.3 Å². The van der Waals surface area contributed by atoms with Crippen LogP contribution in [0.15, 0.2) is 20.0 Å². The van der Waals surface area contributed by atoms with E-state index in [0.717, 1.165) is 13.1 Å². The fourth-order valence-electron chi connectivity index (χ4n) is 2.48. The molecule has 2 heterocycles. The van der Waals surface area contributed by atoms with Crippen molar-refractivity contribution in [3.8, 4) is 0 Å². The van der Waals surface area contributed by atoms with Crippen molar-refractivity contribution in [3.63, 3.8) is 0 Å². The zero-order valence-corrected chi connectivity index (χ0v) is 14.5. The molecule has 0 bridgehead atoms. The lowest BCUT2D eigenvalue weighted by Crippen LogP contribution is -2.44. The predicted octanol–water partition coefficient (Wildman–Crippen LogP) is 1.65. The molecule has 1 aliphatic heterocycles. The number of nitrogens with zero attached hydrogens (tertiary/aromatic N) is 1. The number of hydrogen-bond donors (Lipinski definition) is 2. The Morgan fingerprint density at radius 3 is 2.67 bits per heavy atom. The highest BCUT2D eigenvalue weighted by Gasteiger charge is 2.24. The van der Waals surface area contributed by atoms with Crippen LogP contribution in [0.1, 0.15) is 31.9 Å². The molecule has 21 heavy (non-hydrogen) atoms. The first-order chi connectivity index (χ1) is 9.94. The van der Waals surface area contributed by atoms with Crippen molar-refractivity contribution < 1.29 is 12.8 Å². The molecule has 6 nitrogen and oxygen atoms in total. The number of sulfonamides is 1. The quantitative estimate of drug-likeness (QED) is 0.784. The fraction of sp³-hybridized carbons (Fsp3) is 0.692. The summed E-state index contributed by atoms with van der Waals surface area (Å²) in [6.45, 7) is 4.67. The van der Waals surface area contributed by atoms with Crippen LogP contribution in [0.25, 0.3) is 0 Å². The van der Waals surface area contributed by atoms with Crippen molar-refractivity contribution in [2.45, 2.75) is 43.7 Å². The molecule has 1 saturated heterocycles. The Kier molecular flexibility index (Phi) is 5.84. The molecule has 2 rings (SSSR count). The van der Waals surface area contributed by atoms with Gasteiger partial charge in [-0.15, -0.1) is 0 Å². The average Bonchev–Trinajstić information content (AvgIpc) is 2.88. The maximum atomic E-state index is 12.3. The smallest absolute Gasteiger partial charge is 0.245 e. The molecule has 1 atom stereocenters. The summed E-state index contributed by atoms with van der Waals surface area (Å²) in [5.74, 6) is 0.436. The Hall–Kier alpha value is -0.410. The van der Waals surface area contributed by atoms with Gasteiger partial charge in [-0.1, -0.05) is 6.42 Å². The topological polar surface area (TPSA) is 88.6 Å². The van der Waals surface area contributed by atoms with Crippen molar-refractivity contribution in [1.29, 1.82) is 0 Å². The average molecular weight is 380 g/mol. The summed E-state index contributed by atoms with van der Waals surface area (Å²) in [4.78, 5) is 2.43. The predicted molar refractivity (Wildman–Crippen MR) is 84.4 cm³/mol. The van der Waals surface area contributed by atoms with E-state index in [2.05, 4.69) is 25.6 Å². The molecule has 0 amide bonds. The van der Waals surface area contributed by atoms with Crippen LogP contribution in [0, 0.1) is 0 Å². The highest BCUT2D eigenvalue weighted by molar-refractivity contribution is 9.10. The number of rotatable bonds is 6. The first kappa shape index (κ1) is 17.0. The van der Waals surface area contributed by atoms with E-state index in [9.17, 15) is 8.42 Å². The SMILES string of the molecule is CC(CNS(=O)(=O)c1cc(CN)oc1Br)N1CCCCC1. The molecule has 1 aromatic rings. The number of nitrogens with two attached hydrogens (primary N) is 1. The molecule has 0 spiro atoms. The van der Waals surface area contributed by atoms with Crippen LogP contribution in [0.2, 0.25) is 0 Å². The van der Waals surface area contributed by atoms with Gasteiger partial charge in [0.05, 0.1) is 6.54 Å². The van der Waals surface area contributed by atoms with Crippen molar-refractivity contribution in [1.82, 2.24) is 9.62 Å². The van der Waals surface area contributed by atoms with Crippen molar-refractivity contribution >= 4 is 26.0 Å². The zero-order chi connectivity index (χ0) is 15.5. The van der Waals surface area contributed by atoms with Gasteiger partial charge in [0.25, 0.3) is 0 Å². The van der Waals surface area contributed by atoms with Crippen molar-refractivity contribution in [2.75, 3.05) is 19.6 Å². The molecule has 0 aromatic carbocycles. The van der Waals surface area contributed by atoms with Crippen LogP contribution in [-0.4, -0.2) is 39.0 Å². The van der Waals surface area contributed by atoms with Crippen molar-refractivity contribution in [2.24, 2.45) is 5.73 Å². The van der Waals surface area contributed by atoms with Gasteiger partial charge in [0.1, 0.15) is 10.7 Å². The van der Waals surface area contributed by atoms with Gasteiger partial charge in [-0.25, -0.2) is 13.1 Å². The maximum Gasteiger partial charge on any atom is 0.245 e. The van der Waals surface area contributed by atoms with Gasteiger partial charge in [0, 0.05) is 18.7 Å². The van der Waals surface area contributed by atoms with E-state index in [1.807, 2.05) is 6.92 Å². The highest BCUT2D eigenvalue weighted by atomic mass is 79.9. The number of halogens is 1. The number of nitrogens with one attached hydrogen (secondary N) is 1. The minimum atomic E-state index is -3.59. The van der Waals surface area contributed by atoms with Gasteiger partial charge in [0.2, 0.25) is 10.0 Å². The minimum Gasteiger partial charge on any atom is -0.452 e. The van der Waals surface area contributed by atoms with Crippen LogP contribution < -0.4 is 10.5 Å². The molecular weight excluding hydrogens is 358 g/mol. The third-order valence-electron chi connectivity index (χ3n) is 3.78. The summed E-state index contributed by atoms with van der Waals surface area (Å²) < 4.78 is 32.7. The Balaban J connectivity index is 1.98. The van der Waals surface area contributed by atoms with E-state index < -0.39 is 10.0 Å². The third kappa shape index (κ3) is 4.29. The van der Waals surface area contributed by atoms with E-state index in [-0.39, 0.29) is 22.2 Å². The first-order valence-corrected chi connectivity index (χ1v) is 9.43. The molecule has 1 aliphatic rings. The summed E-state index contributed by atoms with van der Waals surface area (Å²) in [6.07, 6.45) is 3.63. The standard InChI is InChI=1S/C13H22BrN3O3S/c1-10(17-5-3-2-4-6-17)9-16-21(18,19)12-7-11(8-15)20-13(12)14/h7,10,16H,2-6,8-9,15H2,1H3. The molecule has 1 fully saturated rings. The summed E-state index contributed by atoms with van der Waals surface area (Å²) in [7, 11) is -3.59. The van der Waals surface area contributed by atoms with Gasteiger partial charge in [-0.3, -0.25) is 4.90 Å². The van der Waals surface area contributed by atoms with Gasteiger partial charge in [-0.05, 0) is 48.8 Å². The molecule has 8 heteroatoms. The van der Waals surface area contributed by atoms with Crippen LogP contribution in [0.3, 0.4) is 0 Å². The van der Waals surface area contributed by atoms with E-state index in [1.165, 1.54) is 25.3 Å². The molecule has 120 valence electrons. The summed E-state index contributed by atoms with van der Waals surface area (Å²) in [5.41, 5.74) is 5.46. The number of hydrogen-bond acceptors (Lipinski definition) is 5. The summed E-state index contributed by atoms with van der Waals surface area (Å²) in [6, 6.07) is 1.64. The molecule has 0 saturated carbocycles. The summed E-state index contributed by atoms with van der Waals surface area (Å²) >= 11 is 3.13. The second kappa shape index (κ2) is 7.23. The lowest BCUT2D eigenvalue weighted by Gasteiger charge is -2.32. The van der Waals surface area contributed by atoms with Crippen LogP contribution in [-0.2, 0) is 16.6 Å². The van der Waals surface area contributed by atoms with Gasteiger partial charge in [-0.2, -0.15) is 0 Å². The third-order valence-corrected chi connectivity index (χ3v) is 6.06. The van der Waals surface area contributed by atoms with Gasteiger partial charge in [0.15, 0.2) is 4.67 Å². The molecule has 0 aliphatic carbocycles. The Bertz CT molecular complexity index is 567. The number of likely N-dealkylation sites (tertiary alicyclic amines) is 1. The van der Waals surface area contributed by atoms with Crippen LogP contribution in [0.5, 0.6) is 0 Å². The first-order valence-electron chi connectivity index (χ1n) is 7.16. The van der Waals surface area contributed by atoms with Crippen LogP contribution in [0.4, 0.5) is 0 Å². The minimum absolute atomic E-state index is 0.105. The monoisotopic (exact) mass is 379 g/mol.